The number of carboxylic acids is 1. The van der Waals surface area contributed by atoms with Crippen molar-refractivity contribution in [2.75, 3.05) is 4.90 Å². The van der Waals surface area contributed by atoms with E-state index in [1.54, 1.807) is 36.4 Å². The van der Waals surface area contributed by atoms with Gasteiger partial charge in [-0.25, -0.2) is 13.6 Å². The standard InChI is InChI=1S/C32H35F2N3O6S/c1-3-4-7-19(16-25(38)27-17-20-14-21(32(2,33)34)10-12-26(20)44-27)30(41)37-23-9-6-5-8-18(23)15-24(37)29(40)36-22(31(42)43)11-13-28(35)39/h5-6,8-10,12,14,17,19,22,24H,3-4,7,11,13,15-16H2,1-2H3,(H2,35,39)(H,36,40)(H,42,43)/t19-,22+,24+/m1/s1. The van der Waals surface area contributed by atoms with Crippen LogP contribution in [0.2, 0.25) is 0 Å². The summed E-state index contributed by atoms with van der Waals surface area (Å²) in [5.41, 5.74) is 6.23. The Kier molecular flexibility index (Phi) is 10.1. The number of primary amides is 1. The zero-order valence-electron chi connectivity index (χ0n) is 24.5. The number of anilines is 1. The van der Waals surface area contributed by atoms with Crippen LogP contribution in [0.3, 0.4) is 0 Å². The number of hydrogen-bond donors (Lipinski definition) is 3. The lowest BCUT2D eigenvalue weighted by molar-refractivity contribution is -0.142. The van der Waals surface area contributed by atoms with E-state index in [0.717, 1.165) is 18.9 Å². The Morgan fingerprint density at radius 3 is 2.50 bits per heavy atom. The molecule has 0 saturated carbocycles. The minimum atomic E-state index is -3.03. The fourth-order valence-electron chi connectivity index (χ4n) is 5.42. The molecule has 0 unspecified atom stereocenters. The summed E-state index contributed by atoms with van der Waals surface area (Å²) >= 11 is 1.17. The largest absolute Gasteiger partial charge is 0.480 e. The summed E-state index contributed by atoms with van der Waals surface area (Å²) in [5.74, 6) is -7.29. The molecule has 4 rings (SSSR count). The number of rotatable bonds is 14. The summed E-state index contributed by atoms with van der Waals surface area (Å²) in [6.45, 7) is 2.76. The van der Waals surface area contributed by atoms with Crippen LogP contribution in [0.5, 0.6) is 0 Å². The molecule has 0 saturated heterocycles. The fourth-order valence-corrected chi connectivity index (χ4v) is 6.41. The number of para-hydroxylation sites is 1. The number of carbonyl (C=O) groups excluding carboxylic acids is 4. The Hall–Kier alpha value is -4.19. The molecule has 1 aromatic heterocycles. The van der Waals surface area contributed by atoms with E-state index in [1.807, 2.05) is 6.92 Å². The average Bonchev–Trinajstić information content (AvgIpc) is 3.58. The van der Waals surface area contributed by atoms with E-state index in [0.29, 0.717) is 33.5 Å². The van der Waals surface area contributed by atoms with E-state index in [9.17, 15) is 37.9 Å². The third kappa shape index (κ3) is 7.47. The van der Waals surface area contributed by atoms with Crippen molar-refractivity contribution in [2.24, 2.45) is 11.7 Å². The smallest absolute Gasteiger partial charge is 0.326 e. The second-order valence-corrected chi connectivity index (χ2v) is 12.3. The van der Waals surface area contributed by atoms with Crippen molar-refractivity contribution in [3.63, 3.8) is 0 Å². The minimum Gasteiger partial charge on any atom is -0.480 e. The van der Waals surface area contributed by atoms with Crippen molar-refractivity contribution in [2.45, 2.75) is 76.8 Å². The number of benzene rings is 2. The van der Waals surface area contributed by atoms with Gasteiger partial charge in [0.25, 0.3) is 5.92 Å². The normalized spacial score (nSPS) is 15.9. The Bertz CT molecular complexity index is 1580. The maximum Gasteiger partial charge on any atom is 0.326 e. The lowest BCUT2D eigenvalue weighted by Gasteiger charge is -2.29. The molecule has 1 aliphatic rings. The van der Waals surface area contributed by atoms with Crippen LogP contribution in [0.25, 0.3) is 10.1 Å². The number of unbranched alkanes of at least 4 members (excludes halogenated alkanes) is 1. The molecule has 0 fully saturated rings. The number of ketones is 1. The third-order valence-corrected chi connectivity index (χ3v) is 8.95. The predicted molar refractivity (Wildman–Crippen MR) is 163 cm³/mol. The quantitative estimate of drug-likeness (QED) is 0.210. The van der Waals surface area contributed by atoms with Gasteiger partial charge >= 0.3 is 5.97 Å². The number of Topliss-reactive ketones (excluding diaryl/α,β-unsaturated/α-hetero) is 1. The van der Waals surface area contributed by atoms with Gasteiger partial charge in [-0.05, 0) is 48.1 Å². The summed E-state index contributed by atoms with van der Waals surface area (Å²) in [6, 6.07) is 10.4. The zero-order chi connectivity index (χ0) is 32.2. The molecule has 234 valence electrons. The number of alkyl halides is 2. The molecule has 3 atom stereocenters. The monoisotopic (exact) mass is 627 g/mol. The van der Waals surface area contributed by atoms with Crippen molar-refractivity contribution < 1.29 is 37.9 Å². The number of thiophene rings is 1. The van der Waals surface area contributed by atoms with Gasteiger partial charge in [0.15, 0.2) is 5.78 Å². The zero-order valence-corrected chi connectivity index (χ0v) is 25.3. The van der Waals surface area contributed by atoms with Gasteiger partial charge in [-0.15, -0.1) is 11.3 Å². The van der Waals surface area contributed by atoms with Crippen molar-refractivity contribution in [3.05, 3.63) is 64.5 Å². The van der Waals surface area contributed by atoms with Gasteiger partial charge in [0.05, 0.1) is 4.88 Å². The number of aliphatic carboxylic acids is 1. The molecular formula is C32H35F2N3O6S. The molecule has 4 N–H and O–H groups in total. The van der Waals surface area contributed by atoms with Crippen LogP contribution in [0.4, 0.5) is 14.5 Å². The van der Waals surface area contributed by atoms with Gasteiger partial charge in [0, 0.05) is 48.1 Å². The van der Waals surface area contributed by atoms with E-state index in [2.05, 4.69) is 5.32 Å². The lowest BCUT2D eigenvalue weighted by Crippen LogP contribution is -2.53. The molecule has 12 heteroatoms. The van der Waals surface area contributed by atoms with Gasteiger partial charge < -0.3 is 16.2 Å². The Labute approximate surface area is 257 Å². The van der Waals surface area contributed by atoms with Crippen LogP contribution in [-0.4, -0.2) is 46.7 Å². The van der Waals surface area contributed by atoms with Crippen LogP contribution in [0, 0.1) is 5.92 Å². The molecule has 44 heavy (non-hydrogen) atoms. The first-order chi connectivity index (χ1) is 20.8. The van der Waals surface area contributed by atoms with E-state index in [-0.39, 0.29) is 37.0 Å². The highest BCUT2D eigenvalue weighted by atomic mass is 32.1. The van der Waals surface area contributed by atoms with E-state index < -0.39 is 47.6 Å². The number of halogens is 2. The predicted octanol–water partition coefficient (Wildman–Crippen LogP) is 5.19. The van der Waals surface area contributed by atoms with Crippen LogP contribution >= 0.6 is 11.3 Å². The van der Waals surface area contributed by atoms with Crippen molar-refractivity contribution in [1.29, 1.82) is 0 Å². The summed E-state index contributed by atoms with van der Waals surface area (Å²) in [4.78, 5) is 65.9. The lowest BCUT2D eigenvalue weighted by atomic mass is 9.93. The third-order valence-electron chi connectivity index (χ3n) is 7.80. The molecule has 2 heterocycles. The van der Waals surface area contributed by atoms with Gasteiger partial charge in [-0.2, -0.15) is 0 Å². The van der Waals surface area contributed by atoms with Gasteiger partial charge in [-0.3, -0.25) is 24.1 Å². The molecule has 2 aromatic carbocycles. The molecule has 0 spiro atoms. The summed E-state index contributed by atoms with van der Waals surface area (Å²) in [7, 11) is 0. The van der Waals surface area contributed by atoms with Crippen LogP contribution in [0.15, 0.2) is 48.5 Å². The van der Waals surface area contributed by atoms with Crippen molar-refractivity contribution in [3.8, 4) is 0 Å². The molecule has 9 nitrogen and oxygen atoms in total. The summed E-state index contributed by atoms with van der Waals surface area (Å²) in [6.07, 6.45) is 1.33. The number of amides is 3. The van der Waals surface area contributed by atoms with Crippen molar-refractivity contribution >= 4 is 56.6 Å². The second-order valence-electron chi connectivity index (χ2n) is 11.2. The summed E-state index contributed by atoms with van der Waals surface area (Å²) in [5, 5.41) is 12.6. The van der Waals surface area contributed by atoms with E-state index in [4.69, 9.17) is 5.73 Å². The van der Waals surface area contributed by atoms with Crippen molar-refractivity contribution in [1.82, 2.24) is 5.32 Å². The minimum absolute atomic E-state index is 0.144. The van der Waals surface area contributed by atoms with Gasteiger partial charge in [0.1, 0.15) is 12.1 Å². The Morgan fingerprint density at radius 1 is 1.11 bits per heavy atom. The number of nitrogens with one attached hydrogen (secondary N) is 1. The molecule has 3 amide bonds. The van der Waals surface area contributed by atoms with E-state index >= 15 is 0 Å². The number of carboxylic acid groups (broad SMARTS) is 1. The van der Waals surface area contributed by atoms with Gasteiger partial charge in [0.2, 0.25) is 17.7 Å². The Balaban J connectivity index is 1.60. The molecule has 0 bridgehead atoms. The first-order valence-electron chi connectivity index (χ1n) is 14.5. The number of hydrogen-bond acceptors (Lipinski definition) is 6. The maximum atomic E-state index is 14.2. The molecule has 0 radical (unpaired) electrons. The first-order valence-corrected chi connectivity index (χ1v) is 15.3. The molecule has 3 aromatic rings. The molecule has 1 aliphatic heterocycles. The molecule has 0 aliphatic carbocycles. The fraction of sp³-hybridized carbons (Fsp3) is 0.406. The number of fused-ring (bicyclic) bond motifs is 2. The second kappa shape index (κ2) is 13.6. The number of carbonyl (C=O) groups is 5. The summed E-state index contributed by atoms with van der Waals surface area (Å²) < 4.78 is 28.4. The average molecular weight is 628 g/mol. The van der Waals surface area contributed by atoms with Gasteiger partial charge in [-0.1, -0.05) is 44.0 Å². The van der Waals surface area contributed by atoms with Crippen LogP contribution < -0.4 is 16.0 Å². The number of nitrogens with two attached hydrogens (primary N) is 1. The maximum absolute atomic E-state index is 14.2. The van der Waals surface area contributed by atoms with Crippen LogP contribution in [0.1, 0.15) is 73.2 Å². The SMILES string of the molecule is CCCC[C@H](CC(=O)c1cc2cc(C(C)(F)F)ccc2s1)C(=O)N1c2ccccc2C[C@H]1C(=O)N[C@@H](CCC(N)=O)C(=O)O. The van der Waals surface area contributed by atoms with E-state index in [1.165, 1.54) is 28.4 Å². The molecular weight excluding hydrogens is 592 g/mol. The Morgan fingerprint density at radius 2 is 1.84 bits per heavy atom. The topological polar surface area (TPSA) is 147 Å². The highest BCUT2D eigenvalue weighted by Gasteiger charge is 2.42. The first kappa shape index (κ1) is 32.7. The highest BCUT2D eigenvalue weighted by Crippen LogP contribution is 2.37. The highest BCUT2D eigenvalue weighted by molar-refractivity contribution is 7.20. The number of nitrogens with zero attached hydrogens (tertiary/aromatic N) is 1. The van der Waals surface area contributed by atoms with Crippen LogP contribution in [-0.2, 0) is 31.5 Å².